The van der Waals surface area contributed by atoms with Crippen molar-refractivity contribution >= 4 is 44.2 Å². The molecule has 1 aliphatic heterocycles. The zero-order valence-electron chi connectivity index (χ0n) is 14.5. The molecule has 1 aliphatic rings. The van der Waals surface area contributed by atoms with Gasteiger partial charge in [0.1, 0.15) is 0 Å². The number of sulfonamides is 1. The third-order valence-electron chi connectivity index (χ3n) is 4.50. The number of halogens is 1. The first-order chi connectivity index (χ1) is 12.4. The molecule has 0 aliphatic carbocycles. The summed E-state index contributed by atoms with van der Waals surface area (Å²) in [4.78, 5) is 12.8. The lowest BCUT2D eigenvalue weighted by atomic mass is 10.2. The Balaban J connectivity index is 1.88. The smallest absolute Gasteiger partial charge is 0.256 e. The Morgan fingerprint density at radius 3 is 2.46 bits per heavy atom. The maximum atomic E-state index is 13.0. The van der Waals surface area contributed by atoms with Gasteiger partial charge in [0.05, 0.1) is 10.5 Å². The Morgan fingerprint density at radius 1 is 1.08 bits per heavy atom. The first-order valence-corrected chi connectivity index (χ1v) is 11.1. The van der Waals surface area contributed by atoms with Gasteiger partial charge in [-0.1, -0.05) is 24.6 Å². The second kappa shape index (κ2) is 8.06. The van der Waals surface area contributed by atoms with Crippen LogP contribution in [0.1, 0.15) is 35.2 Å². The highest BCUT2D eigenvalue weighted by Crippen LogP contribution is 2.26. The average molecular weight is 484 g/mol. The largest absolute Gasteiger partial charge is 0.322 e. The fourth-order valence-corrected chi connectivity index (χ4v) is 5.44. The summed E-state index contributed by atoms with van der Waals surface area (Å²) >= 11 is 2.11. The number of nitrogens with zero attached hydrogens (tertiary/aromatic N) is 1. The van der Waals surface area contributed by atoms with E-state index in [0.717, 1.165) is 22.8 Å². The van der Waals surface area contributed by atoms with E-state index in [4.69, 9.17) is 0 Å². The van der Waals surface area contributed by atoms with Gasteiger partial charge >= 0.3 is 0 Å². The average Bonchev–Trinajstić information content (AvgIpc) is 2.64. The molecule has 7 heteroatoms. The van der Waals surface area contributed by atoms with Crippen LogP contribution in [-0.2, 0) is 10.0 Å². The summed E-state index contributed by atoms with van der Waals surface area (Å²) in [5.41, 5.74) is 1.73. The number of anilines is 1. The molecule has 1 heterocycles. The predicted octanol–water partition coefficient (Wildman–Crippen LogP) is 4.03. The van der Waals surface area contributed by atoms with E-state index in [-0.39, 0.29) is 10.8 Å². The Hall–Kier alpha value is -1.45. The summed E-state index contributed by atoms with van der Waals surface area (Å²) < 4.78 is 28.4. The fourth-order valence-electron chi connectivity index (χ4n) is 3.04. The number of benzene rings is 2. The minimum Gasteiger partial charge on any atom is -0.322 e. The van der Waals surface area contributed by atoms with Gasteiger partial charge in [-0.3, -0.25) is 4.79 Å². The van der Waals surface area contributed by atoms with Gasteiger partial charge in [-0.15, -0.1) is 0 Å². The highest BCUT2D eigenvalue weighted by molar-refractivity contribution is 14.1. The van der Waals surface area contributed by atoms with E-state index >= 15 is 0 Å². The summed E-state index contributed by atoms with van der Waals surface area (Å²) in [6.07, 6.45) is 2.85. The lowest BCUT2D eigenvalue weighted by Crippen LogP contribution is -2.36. The first kappa shape index (κ1) is 19.3. The van der Waals surface area contributed by atoms with Crippen molar-refractivity contribution in [1.29, 1.82) is 0 Å². The molecule has 0 atom stereocenters. The highest BCUT2D eigenvalue weighted by atomic mass is 127. The van der Waals surface area contributed by atoms with E-state index in [1.807, 2.05) is 12.1 Å². The van der Waals surface area contributed by atoms with E-state index in [0.29, 0.717) is 29.9 Å². The number of hydrogen-bond donors (Lipinski definition) is 1. The van der Waals surface area contributed by atoms with Crippen molar-refractivity contribution in [3.8, 4) is 0 Å². The number of hydrogen-bond acceptors (Lipinski definition) is 3. The summed E-state index contributed by atoms with van der Waals surface area (Å²) in [5, 5.41) is 2.81. The van der Waals surface area contributed by atoms with Crippen molar-refractivity contribution in [3.05, 3.63) is 57.2 Å². The molecule has 2 aromatic rings. The molecule has 0 unspecified atom stereocenters. The SMILES string of the molecule is Cc1ccc(NC(=O)c2ccccc2I)cc1S(=O)(=O)N1CCCCC1. The zero-order chi connectivity index (χ0) is 18.7. The normalized spacial score (nSPS) is 15.6. The third kappa shape index (κ3) is 4.10. The van der Waals surface area contributed by atoms with E-state index in [1.54, 1.807) is 41.6 Å². The van der Waals surface area contributed by atoms with Crippen LogP contribution in [0.15, 0.2) is 47.4 Å². The molecule has 0 aromatic heterocycles. The number of piperidine rings is 1. The molecule has 2 aromatic carbocycles. The molecule has 1 saturated heterocycles. The summed E-state index contributed by atoms with van der Waals surface area (Å²) in [7, 11) is -3.54. The van der Waals surface area contributed by atoms with Gasteiger partial charge in [-0.2, -0.15) is 4.31 Å². The van der Waals surface area contributed by atoms with Crippen LogP contribution in [0.4, 0.5) is 5.69 Å². The van der Waals surface area contributed by atoms with Crippen LogP contribution in [-0.4, -0.2) is 31.7 Å². The molecule has 5 nitrogen and oxygen atoms in total. The molecule has 3 rings (SSSR count). The second-order valence-corrected chi connectivity index (χ2v) is 9.45. The van der Waals surface area contributed by atoms with Gasteiger partial charge in [0.2, 0.25) is 10.0 Å². The molecule has 1 fully saturated rings. The van der Waals surface area contributed by atoms with Crippen LogP contribution in [0.25, 0.3) is 0 Å². The maximum Gasteiger partial charge on any atom is 0.256 e. The summed E-state index contributed by atoms with van der Waals surface area (Å²) in [5.74, 6) is -0.250. The molecule has 1 N–H and O–H groups in total. The van der Waals surface area contributed by atoms with Crippen LogP contribution < -0.4 is 5.32 Å². The van der Waals surface area contributed by atoms with Crippen LogP contribution >= 0.6 is 22.6 Å². The minimum absolute atomic E-state index is 0.250. The zero-order valence-corrected chi connectivity index (χ0v) is 17.5. The number of carbonyl (C=O) groups is 1. The number of aryl methyl sites for hydroxylation is 1. The molecule has 26 heavy (non-hydrogen) atoms. The molecule has 0 bridgehead atoms. The third-order valence-corrected chi connectivity index (χ3v) is 7.48. The van der Waals surface area contributed by atoms with Crippen LogP contribution in [0.2, 0.25) is 0 Å². The second-order valence-electron chi connectivity index (χ2n) is 6.38. The number of nitrogens with one attached hydrogen (secondary N) is 1. The highest BCUT2D eigenvalue weighted by Gasteiger charge is 2.27. The molecule has 1 amide bonds. The van der Waals surface area contributed by atoms with Gasteiger partial charge < -0.3 is 5.32 Å². The van der Waals surface area contributed by atoms with Gasteiger partial charge in [-0.25, -0.2) is 8.42 Å². The van der Waals surface area contributed by atoms with Crippen molar-refractivity contribution in [2.75, 3.05) is 18.4 Å². The number of rotatable bonds is 4. The molecular formula is C19H21IN2O3S. The Bertz CT molecular complexity index is 922. The first-order valence-electron chi connectivity index (χ1n) is 8.56. The molecule has 0 saturated carbocycles. The van der Waals surface area contributed by atoms with Gasteiger partial charge in [0.25, 0.3) is 5.91 Å². The Kier molecular flexibility index (Phi) is 5.99. The van der Waals surface area contributed by atoms with Crippen molar-refractivity contribution in [2.24, 2.45) is 0 Å². The maximum absolute atomic E-state index is 13.0. The number of carbonyl (C=O) groups excluding carboxylic acids is 1. The van der Waals surface area contributed by atoms with Crippen LogP contribution in [0.3, 0.4) is 0 Å². The lowest BCUT2D eigenvalue weighted by Gasteiger charge is -2.26. The van der Waals surface area contributed by atoms with Crippen molar-refractivity contribution < 1.29 is 13.2 Å². The van der Waals surface area contributed by atoms with Gasteiger partial charge in [-0.05, 0) is 72.2 Å². The van der Waals surface area contributed by atoms with E-state index in [2.05, 4.69) is 27.9 Å². The van der Waals surface area contributed by atoms with Crippen LogP contribution in [0.5, 0.6) is 0 Å². The molecular weight excluding hydrogens is 463 g/mol. The van der Waals surface area contributed by atoms with Crippen molar-refractivity contribution in [2.45, 2.75) is 31.1 Å². The van der Waals surface area contributed by atoms with Crippen molar-refractivity contribution in [3.63, 3.8) is 0 Å². The predicted molar refractivity (Wildman–Crippen MR) is 111 cm³/mol. The molecule has 138 valence electrons. The Morgan fingerprint density at radius 2 is 1.77 bits per heavy atom. The van der Waals surface area contributed by atoms with Crippen molar-refractivity contribution in [1.82, 2.24) is 4.31 Å². The summed E-state index contributed by atoms with van der Waals surface area (Å²) in [6.45, 7) is 2.89. The quantitative estimate of drug-likeness (QED) is 0.667. The fraction of sp³-hybridized carbons (Fsp3) is 0.316. The molecule has 0 radical (unpaired) electrons. The number of amides is 1. The summed E-state index contributed by atoms with van der Waals surface area (Å²) in [6, 6.07) is 12.3. The minimum atomic E-state index is -3.54. The monoisotopic (exact) mass is 484 g/mol. The van der Waals surface area contributed by atoms with E-state index in [9.17, 15) is 13.2 Å². The standard InChI is InChI=1S/C19H21IN2O3S/c1-14-9-10-15(21-19(23)16-7-3-4-8-17(16)20)13-18(14)26(24,25)22-11-5-2-6-12-22/h3-4,7-10,13H,2,5-6,11-12H2,1H3,(H,21,23). The Labute approximate surface area is 168 Å². The van der Waals surface area contributed by atoms with E-state index < -0.39 is 10.0 Å². The van der Waals surface area contributed by atoms with E-state index in [1.165, 1.54) is 0 Å². The molecule has 0 spiro atoms. The van der Waals surface area contributed by atoms with Gasteiger partial charge in [0, 0.05) is 22.3 Å². The van der Waals surface area contributed by atoms with Crippen LogP contribution in [0, 0.1) is 10.5 Å². The van der Waals surface area contributed by atoms with Gasteiger partial charge in [0.15, 0.2) is 0 Å². The lowest BCUT2D eigenvalue weighted by molar-refractivity contribution is 0.102. The topological polar surface area (TPSA) is 66.5 Å².